The van der Waals surface area contributed by atoms with Crippen LogP contribution in [0.15, 0.2) is 97.6 Å². The summed E-state index contributed by atoms with van der Waals surface area (Å²) in [6.45, 7) is 4.71. The first-order valence-corrected chi connectivity index (χ1v) is 9.37. The Morgan fingerprint density at radius 3 is 2.26 bits per heavy atom. The first-order valence-electron chi connectivity index (χ1n) is 9.37. The average Bonchev–Trinajstić information content (AvgIpc) is 2.74. The van der Waals surface area contributed by atoms with E-state index in [-0.39, 0.29) is 0 Å². The summed E-state index contributed by atoms with van der Waals surface area (Å²) < 4.78 is 0. The predicted octanol–water partition coefficient (Wildman–Crippen LogP) is 6.80. The Labute approximate surface area is 161 Å². The summed E-state index contributed by atoms with van der Waals surface area (Å²) in [5, 5.41) is 6.21. The van der Waals surface area contributed by atoms with E-state index < -0.39 is 0 Å². The third-order valence-electron chi connectivity index (χ3n) is 4.94. The van der Waals surface area contributed by atoms with Crippen LogP contribution in [-0.2, 0) is 6.42 Å². The van der Waals surface area contributed by atoms with E-state index in [0.717, 1.165) is 18.5 Å². The van der Waals surface area contributed by atoms with E-state index in [4.69, 9.17) is 0 Å². The summed E-state index contributed by atoms with van der Waals surface area (Å²) >= 11 is 0. The topological polar surface area (TPSA) is 12.0 Å². The summed E-state index contributed by atoms with van der Waals surface area (Å²) in [4.78, 5) is 0. The zero-order valence-electron chi connectivity index (χ0n) is 15.4. The van der Waals surface area contributed by atoms with Gasteiger partial charge in [-0.05, 0) is 39.9 Å². The maximum Gasteiger partial charge on any atom is 0.0426 e. The maximum absolute atomic E-state index is 3.81. The van der Waals surface area contributed by atoms with Crippen molar-refractivity contribution in [2.24, 2.45) is 0 Å². The molecule has 0 aliphatic rings. The van der Waals surface area contributed by atoms with Gasteiger partial charge in [0.15, 0.2) is 0 Å². The molecule has 1 nitrogen and oxygen atoms in total. The van der Waals surface area contributed by atoms with E-state index in [1.54, 1.807) is 0 Å². The number of hydrogen-bond acceptors (Lipinski definition) is 1. The van der Waals surface area contributed by atoms with Crippen molar-refractivity contribution in [3.63, 3.8) is 0 Å². The molecular weight excluding hydrogens is 326 g/mol. The Bertz CT molecular complexity index is 1050. The standard InChI is InChI=1S/C26H23N/c1-2-20-12-14-21(15-13-20)18-19-27-25-17-16-22-8-6-7-11-24(22)26(25)23-9-4-3-5-10-23/h2-17,27H,1,18-19H2. The summed E-state index contributed by atoms with van der Waals surface area (Å²) in [6, 6.07) is 32.2. The molecule has 0 saturated heterocycles. The van der Waals surface area contributed by atoms with Gasteiger partial charge in [-0.2, -0.15) is 0 Å². The molecule has 4 aromatic carbocycles. The van der Waals surface area contributed by atoms with Gasteiger partial charge in [-0.3, -0.25) is 0 Å². The molecule has 0 unspecified atom stereocenters. The van der Waals surface area contributed by atoms with Gasteiger partial charge in [0.1, 0.15) is 0 Å². The molecule has 0 heterocycles. The summed E-state index contributed by atoms with van der Waals surface area (Å²) in [5.41, 5.74) is 6.19. The smallest absolute Gasteiger partial charge is 0.0426 e. The van der Waals surface area contributed by atoms with Crippen LogP contribution in [0.25, 0.3) is 28.0 Å². The van der Waals surface area contributed by atoms with Crippen LogP contribution in [0.2, 0.25) is 0 Å². The maximum atomic E-state index is 3.81. The van der Waals surface area contributed by atoms with E-state index in [9.17, 15) is 0 Å². The molecule has 0 spiro atoms. The van der Waals surface area contributed by atoms with E-state index in [0.29, 0.717) is 0 Å². The number of rotatable bonds is 6. The number of fused-ring (bicyclic) bond motifs is 1. The van der Waals surface area contributed by atoms with Crippen molar-refractivity contribution in [1.82, 2.24) is 0 Å². The van der Waals surface area contributed by atoms with Crippen molar-refractivity contribution in [2.45, 2.75) is 6.42 Å². The van der Waals surface area contributed by atoms with Crippen LogP contribution in [0, 0.1) is 0 Å². The van der Waals surface area contributed by atoms with Gasteiger partial charge >= 0.3 is 0 Å². The molecule has 4 rings (SSSR count). The Morgan fingerprint density at radius 2 is 1.48 bits per heavy atom. The molecule has 0 aliphatic carbocycles. The monoisotopic (exact) mass is 349 g/mol. The lowest BCUT2D eigenvalue weighted by molar-refractivity contribution is 1.02. The zero-order chi connectivity index (χ0) is 18.5. The van der Waals surface area contributed by atoms with Gasteiger partial charge in [-0.15, -0.1) is 0 Å². The first kappa shape index (κ1) is 17.1. The molecule has 0 fully saturated rings. The van der Waals surface area contributed by atoms with Crippen molar-refractivity contribution in [3.8, 4) is 11.1 Å². The van der Waals surface area contributed by atoms with Gasteiger partial charge in [0.2, 0.25) is 0 Å². The van der Waals surface area contributed by atoms with Crippen LogP contribution >= 0.6 is 0 Å². The van der Waals surface area contributed by atoms with Gasteiger partial charge in [0, 0.05) is 17.8 Å². The van der Waals surface area contributed by atoms with E-state index in [1.165, 1.54) is 33.2 Å². The van der Waals surface area contributed by atoms with Crippen molar-refractivity contribution in [2.75, 3.05) is 11.9 Å². The molecule has 4 aromatic rings. The highest BCUT2D eigenvalue weighted by Gasteiger charge is 2.09. The summed E-state index contributed by atoms with van der Waals surface area (Å²) in [7, 11) is 0. The molecule has 1 heteroatoms. The largest absolute Gasteiger partial charge is 0.384 e. The van der Waals surface area contributed by atoms with E-state index in [2.05, 4.69) is 103 Å². The van der Waals surface area contributed by atoms with Crippen molar-refractivity contribution in [1.29, 1.82) is 0 Å². The molecule has 0 aromatic heterocycles. The lowest BCUT2D eigenvalue weighted by Gasteiger charge is -2.15. The van der Waals surface area contributed by atoms with E-state index in [1.807, 2.05) is 6.08 Å². The fourth-order valence-electron chi connectivity index (χ4n) is 3.50. The van der Waals surface area contributed by atoms with Crippen LogP contribution in [0.1, 0.15) is 11.1 Å². The lowest BCUT2D eigenvalue weighted by atomic mass is 9.96. The molecule has 132 valence electrons. The minimum atomic E-state index is 0.894. The van der Waals surface area contributed by atoms with Crippen LogP contribution in [0.4, 0.5) is 5.69 Å². The molecule has 0 aliphatic heterocycles. The number of nitrogens with one attached hydrogen (secondary N) is 1. The Kier molecular flexibility index (Phi) is 5.02. The lowest BCUT2D eigenvalue weighted by Crippen LogP contribution is -2.06. The fourth-order valence-corrected chi connectivity index (χ4v) is 3.50. The van der Waals surface area contributed by atoms with E-state index >= 15 is 0 Å². The molecule has 0 saturated carbocycles. The zero-order valence-corrected chi connectivity index (χ0v) is 15.4. The second-order valence-corrected chi connectivity index (χ2v) is 6.70. The third-order valence-corrected chi connectivity index (χ3v) is 4.94. The van der Waals surface area contributed by atoms with Crippen LogP contribution < -0.4 is 5.32 Å². The normalized spacial score (nSPS) is 10.7. The Morgan fingerprint density at radius 1 is 0.741 bits per heavy atom. The second-order valence-electron chi connectivity index (χ2n) is 6.70. The fraction of sp³-hybridized carbons (Fsp3) is 0.0769. The molecule has 0 radical (unpaired) electrons. The molecule has 27 heavy (non-hydrogen) atoms. The molecule has 0 bridgehead atoms. The minimum absolute atomic E-state index is 0.894. The van der Waals surface area contributed by atoms with Crippen molar-refractivity contribution in [3.05, 3.63) is 109 Å². The van der Waals surface area contributed by atoms with Gasteiger partial charge in [0.25, 0.3) is 0 Å². The SMILES string of the molecule is C=Cc1ccc(CCNc2ccc3ccccc3c2-c2ccccc2)cc1. The number of anilines is 1. The first-order chi connectivity index (χ1) is 13.3. The minimum Gasteiger partial charge on any atom is -0.384 e. The van der Waals surface area contributed by atoms with Crippen molar-refractivity contribution < 1.29 is 0 Å². The Hall–Kier alpha value is -3.32. The Balaban J connectivity index is 1.62. The molecular formula is C26H23N. The van der Waals surface area contributed by atoms with Gasteiger partial charge in [-0.25, -0.2) is 0 Å². The highest BCUT2D eigenvalue weighted by Crippen LogP contribution is 2.35. The average molecular weight is 349 g/mol. The highest BCUT2D eigenvalue weighted by atomic mass is 14.9. The number of benzene rings is 4. The van der Waals surface area contributed by atoms with Crippen LogP contribution in [0.5, 0.6) is 0 Å². The predicted molar refractivity (Wildman–Crippen MR) is 118 cm³/mol. The van der Waals surface area contributed by atoms with Crippen LogP contribution in [0.3, 0.4) is 0 Å². The highest BCUT2D eigenvalue weighted by molar-refractivity contribution is 6.02. The molecule has 0 atom stereocenters. The molecule has 0 amide bonds. The van der Waals surface area contributed by atoms with Gasteiger partial charge < -0.3 is 5.32 Å². The van der Waals surface area contributed by atoms with Gasteiger partial charge in [-0.1, -0.05) is 97.6 Å². The quantitative estimate of drug-likeness (QED) is 0.403. The van der Waals surface area contributed by atoms with Crippen molar-refractivity contribution >= 4 is 22.5 Å². The van der Waals surface area contributed by atoms with Crippen LogP contribution in [-0.4, -0.2) is 6.54 Å². The number of hydrogen-bond donors (Lipinski definition) is 1. The summed E-state index contributed by atoms with van der Waals surface area (Å²) in [6.07, 6.45) is 2.86. The molecule has 1 N–H and O–H groups in total. The summed E-state index contributed by atoms with van der Waals surface area (Å²) in [5.74, 6) is 0. The third kappa shape index (κ3) is 3.78. The van der Waals surface area contributed by atoms with Gasteiger partial charge in [0.05, 0.1) is 0 Å². The second kappa shape index (κ2) is 7.92.